The van der Waals surface area contributed by atoms with Gasteiger partial charge in [-0.2, -0.15) is 0 Å². The lowest BCUT2D eigenvalue weighted by Crippen LogP contribution is -2.44. The third-order valence-electron chi connectivity index (χ3n) is 4.40. The van der Waals surface area contributed by atoms with Crippen LogP contribution in [0.25, 0.3) is 0 Å². The van der Waals surface area contributed by atoms with E-state index >= 15 is 0 Å². The van der Waals surface area contributed by atoms with E-state index in [0.717, 1.165) is 31.9 Å². The maximum absolute atomic E-state index is 12.7. The Hall–Kier alpha value is -0.670. The Labute approximate surface area is 150 Å². The zero-order valence-corrected chi connectivity index (χ0v) is 16.3. The lowest BCUT2D eigenvalue weighted by Gasteiger charge is -2.31. The maximum atomic E-state index is 12.7. The van der Waals surface area contributed by atoms with Crippen LogP contribution in [0.15, 0.2) is 28.0 Å². The third kappa shape index (κ3) is 4.92. The average Bonchev–Trinajstić information content (AvgIpc) is 2.46. The minimum Gasteiger partial charge on any atom is -0.330 e. The molecule has 2 unspecified atom stereocenters. The molecule has 0 bridgehead atoms. The molecular formula is C15H25ClN2O4S2. The summed E-state index contributed by atoms with van der Waals surface area (Å²) in [5.41, 5.74) is 6.27. The molecule has 1 aromatic carbocycles. The van der Waals surface area contributed by atoms with Gasteiger partial charge in [-0.1, -0.05) is 18.9 Å². The number of halogens is 1. The van der Waals surface area contributed by atoms with Crippen molar-refractivity contribution >= 4 is 32.3 Å². The molecule has 0 saturated heterocycles. The van der Waals surface area contributed by atoms with Gasteiger partial charge in [-0.25, -0.2) is 21.6 Å². The van der Waals surface area contributed by atoms with Crippen molar-refractivity contribution in [2.45, 2.75) is 48.4 Å². The van der Waals surface area contributed by atoms with Crippen LogP contribution in [0, 0.1) is 12.8 Å². The molecule has 0 spiro atoms. The van der Waals surface area contributed by atoms with Crippen molar-refractivity contribution in [2.75, 3.05) is 12.8 Å². The number of nitrogens with one attached hydrogen (secondary N) is 1. The Balaban J connectivity index is 0.00000288. The summed E-state index contributed by atoms with van der Waals surface area (Å²) in [4.78, 5) is 0.0178. The largest absolute Gasteiger partial charge is 0.330 e. The summed E-state index contributed by atoms with van der Waals surface area (Å²) in [5.74, 6) is 0.122. The van der Waals surface area contributed by atoms with Gasteiger partial charge >= 0.3 is 0 Å². The number of rotatable bonds is 5. The van der Waals surface area contributed by atoms with Gasteiger partial charge in [-0.05, 0) is 49.9 Å². The van der Waals surface area contributed by atoms with Crippen LogP contribution in [0.5, 0.6) is 0 Å². The van der Waals surface area contributed by atoms with E-state index in [2.05, 4.69) is 4.72 Å². The summed E-state index contributed by atoms with van der Waals surface area (Å²) in [6.07, 6.45) is 4.75. The van der Waals surface area contributed by atoms with Crippen LogP contribution < -0.4 is 10.5 Å². The predicted octanol–water partition coefficient (Wildman–Crippen LogP) is 1.62. The van der Waals surface area contributed by atoms with E-state index in [1.807, 2.05) is 0 Å². The molecule has 2 rings (SSSR count). The molecular weight excluding hydrogens is 372 g/mol. The van der Waals surface area contributed by atoms with Crippen molar-refractivity contribution in [2.24, 2.45) is 11.7 Å². The Kier molecular flexibility index (Phi) is 7.25. The molecule has 0 aromatic heterocycles. The normalized spacial score (nSPS) is 22.0. The highest BCUT2D eigenvalue weighted by Gasteiger charge is 2.29. The molecule has 9 heteroatoms. The third-order valence-corrected chi connectivity index (χ3v) is 7.14. The van der Waals surface area contributed by atoms with Crippen LogP contribution in [-0.2, 0) is 19.9 Å². The van der Waals surface area contributed by atoms with E-state index in [4.69, 9.17) is 5.73 Å². The van der Waals surface area contributed by atoms with E-state index in [-0.39, 0.29) is 34.2 Å². The highest BCUT2D eigenvalue weighted by atomic mass is 35.5. The summed E-state index contributed by atoms with van der Waals surface area (Å²) in [7, 11) is -7.25. The Bertz CT molecular complexity index is 779. The monoisotopic (exact) mass is 396 g/mol. The first-order chi connectivity index (χ1) is 10.6. The Morgan fingerprint density at radius 2 is 1.79 bits per heavy atom. The molecule has 24 heavy (non-hydrogen) atoms. The van der Waals surface area contributed by atoms with Gasteiger partial charge in [0, 0.05) is 12.3 Å². The van der Waals surface area contributed by atoms with Gasteiger partial charge in [-0.3, -0.25) is 0 Å². The van der Waals surface area contributed by atoms with Crippen molar-refractivity contribution in [3.05, 3.63) is 23.8 Å². The number of sulfonamides is 1. The number of sulfone groups is 1. The first kappa shape index (κ1) is 21.4. The molecule has 0 radical (unpaired) electrons. The second-order valence-corrected chi connectivity index (χ2v) is 9.91. The van der Waals surface area contributed by atoms with E-state index < -0.39 is 19.9 Å². The number of hydrogen-bond donors (Lipinski definition) is 2. The minimum absolute atomic E-state index is 0. The van der Waals surface area contributed by atoms with Gasteiger partial charge in [0.1, 0.15) is 0 Å². The van der Waals surface area contributed by atoms with Gasteiger partial charge in [0.2, 0.25) is 10.0 Å². The van der Waals surface area contributed by atoms with Gasteiger partial charge in [0.15, 0.2) is 9.84 Å². The van der Waals surface area contributed by atoms with E-state index in [1.165, 1.54) is 18.2 Å². The smallest absolute Gasteiger partial charge is 0.241 e. The highest BCUT2D eigenvalue weighted by molar-refractivity contribution is 7.91. The molecule has 1 aromatic rings. The standard InChI is InChI=1S/C15H24N2O4S2.ClH/c1-11-7-8-13(22(2,18)19)9-15(11)23(20,21)17-14-6-4-3-5-12(14)10-16;/h7-9,12,14,17H,3-6,10,16H2,1-2H3;1H. The number of nitrogens with two attached hydrogens (primary N) is 1. The van der Waals surface area contributed by atoms with Crippen molar-refractivity contribution in [3.8, 4) is 0 Å². The SMILES string of the molecule is Cc1ccc(S(C)(=O)=O)cc1S(=O)(=O)NC1CCCCC1CN.Cl. The molecule has 0 heterocycles. The number of benzene rings is 1. The lowest BCUT2D eigenvalue weighted by atomic mass is 9.85. The maximum Gasteiger partial charge on any atom is 0.241 e. The van der Waals surface area contributed by atoms with Crippen LogP contribution >= 0.6 is 12.4 Å². The van der Waals surface area contributed by atoms with Crippen LogP contribution in [-0.4, -0.2) is 35.7 Å². The topological polar surface area (TPSA) is 106 Å². The Morgan fingerprint density at radius 1 is 1.17 bits per heavy atom. The van der Waals surface area contributed by atoms with Crippen molar-refractivity contribution in [1.82, 2.24) is 4.72 Å². The van der Waals surface area contributed by atoms with Crippen LogP contribution in [0.2, 0.25) is 0 Å². The summed E-state index contributed by atoms with van der Waals surface area (Å²) in [6.45, 7) is 2.09. The van der Waals surface area contributed by atoms with E-state index in [1.54, 1.807) is 6.92 Å². The second-order valence-electron chi connectivity index (χ2n) is 6.21. The zero-order valence-electron chi connectivity index (χ0n) is 13.9. The highest BCUT2D eigenvalue weighted by Crippen LogP contribution is 2.26. The average molecular weight is 397 g/mol. The number of aryl methyl sites for hydroxylation is 1. The molecule has 1 aliphatic rings. The van der Waals surface area contributed by atoms with Crippen molar-refractivity contribution < 1.29 is 16.8 Å². The summed E-state index contributed by atoms with van der Waals surface area (Å²) >= 11 is 0. The minimum atomic E-state index is -3.79. The van der Waals surface area contributed by atoms with Crippen LogP contribution in [0.1, 0.15) is 31.2 Å². The van der Waals surface area contributed by atoms with E-state index in [0.29, 0.717) is 12.1 Å². The van der Waals surface area contributed by atoms with Crippen molar-refractivity contribution in [3.63, 3.8) is 0 Å². The van der Waals surface area contributed by atoms with Gasteiger partial charge in [-0.15, -0.1) is 12.4 Å². The van der Waals surface area contributed by atoms with Crippen LogP contribution in [0.4, 0.5) is 0 Å². The lowest BCUT2D eigenvalue weighted by molar-refractivity contribution is 0.296. The molecule has 1 saturated carbocycles. The summed E-state index contributed by atoms with van der Waals surface area (Å²) < 4.78 is 51.5. The van der Waals surface area contributed by atoms with Gasteiger partial charge in [0.05, 0.1) is 9.79 Å². The summed E-state index contributed by atoms with van der Waals surface area (Å²) in [6, 6.07) is 3.98. The fraction of sp³-hybridized carbons (Fsp3) is 0.600. The molecule has 1 aliphatic carbocycles. The van der Waals surface area contributed by atoms with E-state index in [9.17, 15) is 16.8 Å². The number of hydrogen-bond acceptors (Lipinski definition) is 5. The molecule has 138 valence electrons. The predicted molar refractivity (Wildman–Crippen MR) is 96.7 cm³/mol. The van der Waals surface area contributed by atoms with Gasteiger partial charge in [0.25, 0.3) is 0 Å². The Morgan fingerprint density at radius 3 is 2.38 bits per heavy atom. The molecule has 6 nitrogen and oxygen atoms in total. The second kappa shape index (κ2) is 8.14. The molecule has 0 amide bonds. The first-order valence-corrected chi connectivity index (χ1v) is 11.1. The molecule has 0 aliphatic heterocycles. The zero-order chi connectivity index (χ0) is 17.3. The molecule has 2 atom stereocenters. The first-order valence-electron chi connectivity index (χ1n) is 7.68. The quantitative estimate of drug-likeness (QED) is 0.786. The fourth-order valence-corrected chi connectivity index (χ4v) is 5.34. The van der Waals surface area contributed by atoms with Gasteiger partial charge < -0.3 is 5.73 Å². The van der Waals surface area contributed by atoms with Crippen LogP contribution in [0.3, 0.4) is 0 Å². The molecule has 1 fully saturated rings. The fourth-order valence-electron chi connectivity index (χ4n) is 3.01. The van der Waals surface area contributed by atoms with Crippen molar-refractivity contribution in [1.29, 1.82) is 0 Å². The molecule has 3 N–H and O–H groups in total. The summed E-state index contributed by atoms with van der Waals surface area (Å²) in [5, 5.41) is 0.